The van der Waals surface area contributed by atoms with E-state index in [1.165, 1.54) is 15.8 Å². The van der Waals surface area contributed by atoms with Gasteiger partial charge in [-0.15, -0.1) is 11.3 Å². The molecule has 11 nitrogen and oxygen atoms in total. The summed E-state index contributed by atoms with van der Waals surface area (Å²) in [5.41, 5.74) is 3.50. The average molecular weight is 730 g/mol. The van der Waals surface area contributed by atoms with Crippen molar-refractivity contribution in [1.29, 1.82) is 0 Å². The number of methoxy groups -OCH3 is 1. The molecule has 2 aromatic carbocycles. The third-order valence-electron chi connectivity index (χ3n) is 10.8. The number of aromatic nitrogens is 5. The molecule has 8 rings (SSSR count). The Morgan fingerprint density at radius 3 is 2.49 bits per heavy atom. The van der Waals surface area contributed by atoms with Crippen molar-refractivity contribution in [3.8, 4) is 22.1 Å². The number of fused-ring (bicyclic) bond motifs is 1. The highest BCUT2D eigenvalue weighted by atomic mass is 32.1. The lowest BCUT2D eigenvalue weighted by Gasteiger charge is -2.43. The fourth-order valence-electron chi connectivity index (χ4n) is 7.79. The lowest BCUT2D eigenvalue weighted by molar-refractivity contribution is -0.142. The van der Waals surface area contributed by atoms with Gasteiger partial charge in [-0.05, 0) is 62.6 Å². The van der Waals surface area contributed by atoms with Crippen molar-refractivity contribution in [2.45, 2.75) is 50.8 Å². The number of hydrogen-bond acceptors (Lipinski definition) is 9. The highest BCUT2D eigenvalue weighted by molar-refractivity contribution is 7.15. The first kappa shape index (κ1) is 34.9. The zero-order valence-electron chi connectivity index (χ0n) is 30.0. The van der Waals surface area contributed by atoms with Crippen LogP contribution in [0.15, 0.2) is 103 Å². The number of carbonyl (C=O) groups excluding carboxylic acids is 1. The van der Waals surface area contributed by atoms with E-state index < -0.39 is 5.60 Å². The minimum atomic E-state index is -1.12. The van der Waals surface area contributed by atoms with Crippen LogP contribution in [0.3, 0.4) is 0 Å². The van der Waals surface area contributed by atoms with Gasteiger partial charge in [-0.25, -0.2) is 15.0 Å². The minimum Gasteiger partial charge on any atom is -0.481 e. The van der Waals surface area contributed by atoms with Gasteiger partial charge in [0.1, 0.15) is 11.3 Å². The number of nitrogens with zero attached hydrogens (tertiary/aromatic N) is 7. The van der Waals surface area contributed by atoms with E-state index in [9.17, 15) is 14.7 Å². The van der Waals surface area contributed by atoms with Crippen LogP contribution in [-0.2, 0) is 17.9 Å². The Morgan fingerprint density at radius 2 is 1.75 bits per heavy atom. The minimum absolute atomic E-state index is 0.0417. The Kier molecular flexibility index (Phi) is 9.67. The van der Waals surface area contributed by atoms with E-state index in [1.54, 1.807) is 30.7 Å². The van der Waals surface area contributed by atoms with Gasteiger partial charge < -0.3 is 19.3 Å². The summed E-state index contributed by atoms with van der Waals surface area (Å²) < 4.78 is 8.62. The molecule has 0 unspecified atom stereocenters. The third kappa shape index (κ3) is 7.26. The van der Waals surface area contributed by atoms with Crippen LogP contribution in [0, 0.1) is 12.8 Å². The second-order valence-electron chi connectivity index (χ2n) is 14.4. The predicted molar refractivity (Wildman–Crippen MR) is 205 cm³/mol. The van der Waals surface area contributed by atoms with Crippen LogP contribution in [0.5, 0.6) is 5.88 Å². The van der Waals surface area contributed by atoms with Gasteiger partial charge in [0.05, 0.1) is 24.6 Å². The number of benzene rings is 2. The molecule has 2 saturated heterocycles. The van der Waals surface area contributed by atoms with Crippen LogP contribution >= 0.6 is 11.3 Å². The van der Waals surface area contributed by atoms with E-state index in [0.29, 0.717) is 42.8 Å². The van der Waals surface area contributed by atoms with Gasteiger partial charge in [0.2, 0.25) is 11.8 Å². The molecule has 0 saturated carbocycles. The smallest absolute Gasteiger partial charge is 0.262 e. The summed E-state index contributed by atoms with van der Waals surface area (Å²) in [5.74, 6) is 0.600. The highest BCUT2D eigenvalue weighted by Gasteiger charge is 2.41. The van der Waals surface area contributed by atoms with E-state index in [1.807, 2.05) is 83.4 Å². The summed E-state index contributed by atoms with van der Waals surface area (Å²) in [6, 6.07) is 24.0. The number of pyridine rings is 1. The number of aryl methyl sites for hydroxylation is 1. The summed E-state index contributed by atoms with van der Waals surface area (Å²) >= 11 is 1.66. The lowest BCUT2D eigenvalue weighted by Crippen LogP contribution is -2.53. The highest BCUT2D eigenvalue weighted by Crippen LogP contribution is 2.37. The van der Waals surface area contributed by atoms with Gasteiger partial charge in [0.25, 0.3) is 5.56 Å². The zero-order valence-corrected chi connectivity index (χ0v) is 30.8. The van der Waals surface area contributed by atoms with Gasteiger partial charge in [-0.1, -0.05) is 48.0 Å². The largest absolute Gasteiger partial charge is 0.481 e. The van der Waals surface area contributed by atoms with Crippen LogP contribution < -0.4 is 10.3 Å². The summed E-state index contributed by atoms with van der Waals surface area (Å²) in [4.78, 5) is 46.9. The number of hydrogen-bond donors (Lipinski definition) is 1. The Balaban J connectivity index is 0.922. The van der Waals surface area contributed by atoms with Crippen molar-refractivity contribution in [2.75, 3.05) is 33.3 Å². The maximum Gasteiger partial charge on any atom is 0.262 e. The molecule has 4 aromatic heterocycles. The molecular formula is C41H43N7O4S. The molecule has 0 radical (unpaired) electrons. The lowest BCUT2D eigenvalue weighted by atomic mass is 9.79. The molecule has 0 bridgehead atoms. The number of piperidine rings is 2. The SMILES string of the molecule is COc1ccc(-c2ncc(CN3CC[C@@H](C(=O)N4CCC(O)(Cn5cnc6c(ccn6-c6ccc(C)cc6)c5=O)CC4)[C@H](c4ccccc4)C3)s2)cn1. The molecule has 2 atom stereocenters. The Bertz CT molecular complexity index is 2260. The summed E-state index contributed by atoms with van der Waals surface area (Å²) in [6.07, 6.45) is 8.64. The van der Waals surface area contributed by atoms with Crippen LogP contribution in [0.1, 0.15) is 41.2 Å². The monoisotopic (exact) mass is 729 g/mol. The van der Waals surface area contributed by atoms with Crippen LogP contribution in [0.25, 0.3) is 27.3 Å². The molecule has 0 spiro atoms. The number of ether oxygens (including phenoxy) is 1. The number of thiazole rings is 1. The van der Waals surface area contributed by atoms with Crippen molar-refractivity contribution in [3.05, 3.63) is 124 Å². The van der Waals surface area contributed by atoms with Gasteiger partial charge in [0.15, 0.2) is 5.65 Å². The Morgan fingerprint density at radius 1 is 0.962 bits per heavy atom. The molecule has 2 fully saturated rings. The molecule has 6 aromatic rings. The van der Waals surface area contributed by atoms with E-state index >= 15 is 0 Å². The van der Waals surface area contributed by atoms with E-state index in [4.69, 9.17) is 4.74 Å². The van der Waals surface area contributed by atoms with Crippen LogP contribution in [0.2, 0.25) is 0 Å². The van der Waals surface area contributed by atoms with E-state index in [0.717, 1.165) is 53.4 Å². The first-order valence-corrected chi connectivity index (χ1v) is 19.0. The first-order chi connectivity index (χ1) is 25.8. The molecule has 6 heterocycles. The third-order valence-corrected chi connectivity index (χ3v) is 11.9. The van der Waals surface area contributed by atoms with E-state index in [2.05, 4.69) is 32.0 Å². The summed E-state index contributed by atoms with van der Waals surface area (Å²) in [6.45, 7) is 5.38. The molecule has 1 N–H and O–H groups in total. The predicted octanol–water partition coefficient (Wildman–Crippen LogP) is 5.68. The van der Waals surface area contributed by atoms with Crippen molar-refractivity contribution >= 4 is 28.3 Å². The standard InChI is InChI=1S/C41H43N7O4S/c1-28-8-11-31(12-9-28)48-19-15-34-37(48)44-27-47(40(34)50)26-41(51)16-20-46(21-17-41)39(49)33-14-18-45(25-35(33)29-6-4-3-5-7-29)24-32-23-43-38(53-32)30-10-13-36(52-2)42-22-30/h3-13,15,19,22-23,27,33,35,51H,14,16-18,20-21,24-26H2,1-2H3/t33-,35+/m1/s1. The number of aliphatic hydroxyl groups is 1. The zero-order chi connectivity index (χ0) is 36.5. The first-order valence-electron chi connectivity index (χ1n) is 18.1. The van der Waals surface area contributed by atoms with Gasteiger partial charge in [-0.2, -0.15) is 0 Å². The number of amides is 1. The van der Waals surface area contributed by atoms with Crippen molar-refractivity contribution < 1.29 is 14.6 Å². The number of rotatable bonds is 9. The molecule has 272 valence electrons. The summed E-state index contributed by atoms with van der Waals surface area (Å²) in [7, 11) is 1.60. The van der Waals surface area contributed by atoms with Gasteiger partial charge in [-0.3, -0.25) is 19.1 Å². The van der Waals surface area contributed by atoms with Crippen molar-refractivity contribution in [2.24, 2.45) is 5.92 Å². The molecule has 12 heteroatoms. The second kappa shape index (κ2) is 14.7. The normalized spacial score (nSPS) is 19.0. The fraction of sp³-hybridized carbons (Fsp3) is 0.341. The molecule has 53 heavy (non-hydrogen) atoms. The molecule has 2 aliphatic rings. The summed E-state index contributed by atoms with van der Waals surface area (Å²) in [5, 5.41) is 13.1. The van der Waals surface area contributed by atoms with E-state index in [-0.39, 0.29) is 29.8 Å². The fourth-order valence-corrected chi connectivity index (χ4v) is 8.74. The topological polar surface area (TPSA) is 119 Å². The molecule has 2 aliphatic heterocycles. The maximum atomic E-state index is 14.3. The molecule has 1 amide bonds. The van der Waals surface area contributed by atoms with Gasteiger partial charge in [0, 0.05) is 78.8 Å². The quantitative estimate of drug-likeness (QED) is 0.202. The molecule has 0 aliphatic carbocycles. The Hall–Kier alpha value is -5.17. The number of carbonyl (C=O) groups is 1. The molecular weight excluding hydrogens is 687 g/mol. The van der Waals surface area contributed by atoms with Crippen LogP contribution in [-0.4, -0.2) is 83.8 Å². The van der Waals surface area contributed by atoms with Gasteiger partial charge >= 0.3 is 0 Å². The Labute approximate surface area is 312 Å². The number of likely N-dealkylation sites (tertiary alicyclic amines) is 2. The van der Waals surface area contributed by atoms with Crippen molar-refractivity contribution in [1.82, 2.24) is 33.9 Å². The van der Waals surface area contributed by atoms with Crippen molar-refractivity contribution in [3.63, 3.8) is 0 Å². The maximum absolute atomic E-state index is 14.3. The average Bonchev–Trinajstić information content (AvgIpc) is 3.85. The second-order valence-corrected chi connectivity index (χ2v) is 15.5. The van der Waals surface area contributed by atoms with Crippen LogP contribution in [0.4, 0.5) is 0 Å².